The van der Waals surface area contributed by atoms with Crippen molar-refractivity contribution < 1.29 is 14.3 Å². The molecule has 1 aromatic carbocycles. The molecule has 1 aromatic rings. The molecule has 2 amide bonds. The van der Waals surface area contributed by atoms with Gasteiger partial charge in [-0.3, -0.25) is 9.59 Å². The number of hydrogen-bond acceptors (Lipinski definition) is 3. The number of anilines is 1. The minimum Gasteiger partial charge on any atom is -0.495 e. The molecule has 0 bridgehead atoms. The summed E-state index contributed by atoms with van der Waals surface area (Å²) >= 11 is 6.10. The maximum Gasteiger partial charge on any atom is 0.313 e. The summed E-state index contributed by atoms with van der Waals surface area (Å²) in [5.41, 5.74) is 1.25. The van der Waals surface area contributed by atoms with Gasteiger partial charge in [-0.15, -0.1) is 0 Å². The molecular weight excluding hydrogens is 376 g/mol. The molecule has 1 aliphatic rings. The van der Waals surface area contributed by atoms with E-state index < -0.39 is 11.8 Å². The van der Waals surface area contributed by atoms with E-state index in [4.69, 9.17) is 16.3 Å². The molecule has 0 spiro atoms. The lowest BCUT2D eigenvalue weighted by Gasteiger charge is -2.19. The first-order chi connectivity index (χ1) is 13.5. The van der Waals surface area contributed by atoms with Crippen molar-refractivity contribution in [3.05, 3.63) is 22.7 Å². The zero-order valence-electron chi connectivity index (χ0n) is 17.1. The fraction of sp³-hybridized carbons (Fsp3) is 0.636. The molecule has 0 radical (unpaired) electrons. The Morgan fingerprint density at radius 1 is 0.929 bits per heavy atom. The van der Waals surface area contributed by atoms with E-state index in [1.807, 2.05) is 6.92 Å². The lowest BCUT2D eigenvalue weighted by atomic mass is 9.98. The van der Waals surface area contributed by atoms with E-state index in [9.17, 15) is 9.59 Å². The zero-order chi connectivity index (χ0) is 20.4. The van der Waals surface area contributed by atoms with Crippen LogP contribution in [0, 0.1) is 6.92 Å². The van der Waals surface area contributed by atoms with Gasteiger partial charge in [0.25, 0.3) is 0 Å². The third kappa shape index (κ3) is 7.34. The van der Waals surface area contributed by atoms with E-state index in [1.54, 1.807) is 12.1 Å². The number of nitrogens with one attached hydrogen (secondary N) is 2. The van der Waals surface area contributed by atoms with E-state index >= 15 is 0 Å². The number of carbonyl (C=O) groups is 2. The number of halogens is 1. The van der Waals surface area contributed by atoms with Crippen LogP contribution in [0.4, 0.5) is 5.69 Å². The second-order valence-electron chi connectivity index (χ2n) is 7.69. The largest absolute Gasteiger partial charge is 0.495 e. The highest BCUT2D eigenvalue weighted by Gasteiger charge is 2.20. The van der Waals surface area contributed by atoms with Gasteiger partial charge in [0, 0.05) is 17.1 Å². The molecule has 0 saturated heterocycles. The van der Waals surface area contributed by atoms with E-state index in [1.165, 1.54) is 52.1 Å². The van der Waals surface area contributed by atoms with Crippen molar-refractivity contribution in [1.29, 1.82) is 0 Å². The van der Waals surface area contributed by atoms with Crippen LogP contribution in [0.3, 0.4) is 0 Å². The number of ether oxygens (including phenoxy) is 1. The molecule has 0 unspecified atom stereocenters. The number of aryl methyl sites for hydroxylation is 1. The van der Waals surface area contributed by atoms with Crippen LogP contribution < -0.4 is 15.4 Å². The van der Waals surface area contributed by atoms with Crippen molar-refractivity contribution in [3.8, 4) is 5.75 Å². The summed E-state index contributed by atoms with van der Waals surface area (Å²) in [6, 6.07) is 3.41. The Hall–Kier alpha value is -1.75. The van der Waals surface area contributed by atoms with Crippen LogP contribution in [0.1, 0.15) is 76.2 Å². The summed E-state index contributed by atoms with van der Waals surface area (Å²) in [7, 11) is 1.50. The van der Waals surface area contributed by atoms with Crippen LogP contribution in [0.5, 0.6) is 5.75 Å². The summed E-state index contributed by atoms with van der Waals surface area (Å²) in [6.07, 6.45) is 12.9. The monoisotopic (exact) mass is 408 g/mol. The lowest BCUT2D eigenvalue weighted by molar-refractivity contribution is -0.136. The summed E-state index contributed by atoms with van der Waals surface area (Å²) in [4.78, 5) is 24.9. The number of methoxy groups -OCH3 is 1. The van der Waals surface area contributed by atoms with Crippen LogP contribution in [-0.4, -0.2) is 25.0 Å². The molecule has 5 nitrogen and oxygen atoms in total. The van der Waals surface area contributed by atoms with Gasteiger partial charge < -0.3 is 15.4 Å². The lowest BCUT2D eigenvalue weighted by Crippen LogP contribution is -2.42. The molecule has 0 heterocycles. The first-order valence-electron chi connectivity index (χ1n) is 10.5. The molecule has 156 valence electrons. The maximum absolute atomic E-state index is 12.5. The van der Waals surface area contributed by atoms with Gasteiger partial charge in [-0.25, -0.2) is 0 Å². The topological polar surface area (TPSA) is 67.4 Å². The number of carbonyl (C=O) groups excluding carboxylic acids is 2. The average Bonchev–Trinajstić information content (AvgIpc) is 2.66. The van der Waals surface area contributed by atoms with Gasteiger partial charge in [-0.05, 0) is 31.4 Å². The van der Waals surface area contributed by atoms with Gasteiger partial charge in [0.1, 0.15) is 5.75 Å². The third-order valence-corrected chi connectivity index (χ3v) is 5.78. The molecule has 1 fully saturated rings. The van der Waals surface area contributed by atoms with Crippen LogP contribution in [0.2, 0.25) is 5.02 Å². The molecule has 0 aromatic heterocycles. The maximum atomic E-state index is 12.5. The Kier molecular flexibility index (Phi) is 9.62. The molecule has 0 atom stereocenters. The van der Waals surface area contributed by atoms with Crippen molar-refractivity contribution in [3.63, 3.8) is 0 Å². The van der Waals surface area contributed by atoms with Crippen LogP contribution in [0.25, 0.3) is 0 Å². The molecule has 28 heavy (non-hydrogen) atoms. The Labute approximate surface area is 173 Å². The van der Waals surface area contributed by atoms with Crippen molar-refractivity contribution in [1.82, 2.24) is 5.32 Å². The molecule has 1 saturated carbocycles. The van der Waals surface area contributed by atoms with Crippen molar-refractivity contribution in [2.24, 2.45) is 0 Å². The van der Waals surface area contributed by atoms with E-state index in [0.717, 1.165) is 31.2 Å². The zero-order valence-corrected chi connectivity index (χ0v) is 17.9. The van der Waals surface area contributed by atoms with E-state index in [2.05, 4.69) is 10.6 Å². The minimum absolute atomic E-state index is 0.0616. The summed E-state index contributed by atoms with van der Waals surface area (Å²) in [5, 5.41) is 6.14. The predicted molar refractivity (Wildman–Crippen MR) is 114 cm³/mol. The normalized spacial score (nSPS) is 17.1. The quantitative estimate of drug-likeness (QED) is 0.659. The Balaban J connectivity index is 1.94. The Morgan fingerprint density at radius 3 is 2.00 bits per heavy atom. The summed E-state index contributed by atoms with van der Waals surface area (Å²) in [6.45, 7) is 1.84. The standard InChI is InChI=1S/C22H33ClN2O3/c1-16-14-19(20(28-2)15-18(16)23)25-22(27)21(26)24-17-12-10-8-6-4-3-5-7-9-11-13-17/h14-15,17H,3-13H2,1-2H3,(H,24,26)(H,25,27). The highest BCUT2D eigenvalue weighted by molar-refractivity contribution is 6.40. The molecule has 1 aliphatic carbocycles. The minimum atomic E-state index is -0.675. The second-order valence-corrected chi connectivity index (χ2v) is 8.09. The van der Waals surface area contributed by atoms with Gasteiger partial charge in [0.15, 0.2) is 0 Å². The molecule has 6 heteroatoms. The summed E-state index contributed by atoms with van der Waals surface area (Å²) in [5.74, 6) is -0.833. The predicted octanol–water partition coefficient (Wildman–Crippen LogP) is 5.39. The van der Waals surface area contributed by atoms with Crippen molar-refractivity contribution in [2.45, 2.75) is 83.6 Å². The van der Waals surface area contributed by atoms with Crippen molar-refractivity contribution in [2.75, 3.05) is 12.4 Å². The SMILES string of the molecule is COc1cc(Cl)c(C)cc1NC(=O)C(=O)NC1CCCCCCCCCCC1. The number of rotatable bonds is 3. The number of hydrogen-bond donors (Lipinski definition) is 2. The first-order valence-corrected chi connectivity index (χ1v) is 10.8. The van der Waals surface area contributed by atoms with Gasteiger partial charge in [0.05, 0.1) is 12.8 Å². The highest BCUT2D eigenvalue weighted by Crippen LogP contribution is 2.30. The van der Waals surface area contributed by atoms with E-state index in [0.29, 0.717) is 16.5 Å². The fourth-order valence-electron chi connectivity index (χ4n) is 3.67. The molecular formula is C22H33ClN2O3. The summed E-state index contributed by atoms with van der Waals surface area (Å²) < 4.78 is 5.26. The third-order valence-electron chi connectivity index (χ3n) is 5.38. The fourth-order valence-corrected chi connectivity index (χ4v) is 3.82. The van der Waals surface area contributed by atoms with Crippen LogP contribution >= 0.6 is 11.6 Å². The Bertz CT molecular complexity index is 651. The number of amides is 2. The highest BCUT2D eigenvalue weighted by atomic mass is 35.5. The van der Waals surface area contributed by atoms with E-state index in [-0.39, 0.29) is 6.04 Å². The molecule has 2 N–H and O–H groups in total. The van der Waals surface area contributed by atoms with Crippen molar-refractivity contribution >= 4 is 29.1 Å². The Morgan fingerprint density at radius 2 is 1.46 bits per heavy atom. The van der Waals surface area contributed by atoms with Crippen LogP contribution in [0.15, 0.2) is 12.1 Å². The van der Waals surface area contributed by atoms with Gasteiger partial charge in [-0.2, -0.15) is 0 Å². The smallest absolute Gasteiger partial charge is 0.313 e. The molecule has 2 rings (SSSR count). The first kappa shape index (κ1) is 22.5. The second kappa shape index (κ2) is 11.9. The van der Waals surface area contributed by atoms with Gasteiger partial charge in [0.2, 0.25) is 0 Å². The molecule has 0 aliphatic heterocycles. The van der Waals surface area contributed by atoms with Crippen LogP contribution in [-0.2, 0) is 9.59 Å². The average molecular weight is 409 g/mol. The number of benzene rings is 1. The van der Waals surface area contributed by atoms with Gasteiger partial charge >= 0.3 is 11.8 Å². The van der Waals surface area contributed by atoms with Gasteiger partial charge in [-0.1, -0.05) is 69.4 Å².